The molecule has 0 N–H and O–H groups in total. The number of hydrogen-bond acceptors (Lipinski definition) is 3. The number of carbonyl (C=O) groups is 1. The summed E-state index contributed by atoms with van der Waals surface area (Å²) in [7, 11) is 1.64. The minimum absolute atomic E-state index is 0.0446. The minimum atomic E-state index is 0.0446. The molecule has 0 saturated carbocycles. The zero-order valence-electron chi connectivity index (χ0n) is 12.6. The Hall–Kier alpha value is -2.33. The Labute approximate surface area is 130 Å². The third kappa shape index (κ3) is 2.97. The fourth-order valence-electron chi connectivity index (χ4n) is 2.63. The Kier molecular flexibility index (Phi) is 4.39. The highest BCUT2D eigenvalue weighted by Crippen LogP contribution is 2.31. The summed E-state index contributed by atoms with van der Waals surface area (Å²) in [5, 5.41) is 0. The van der Waals surface area contributed by atoms with Crippen LogP contribution in [0.4, 0.5) is 0 Å². The number of amides is 1. The topological polar surface area (TPSA) is 38.8 Å². The maximum absolute atomic E-state index is 12.6. The second-order valence-corrected chi connectivity index (χ2v) is 5.19. The normalized spacial score (nSPS) is 14.7. The molecule has 1 amide bonds. The standard InChI is InChI=1S/C18H19NO3/c1-21-17-8-7-15(18(20)19-9-11-22-12-10-19)13-16(17)14-5-3-2-4-6-14/h2-8,13H,9-12H2,1H3. The smallest absolute Gasteiger partial charge is 0.254 e. The van der Waals surface area contributed by atoms with E-state index in [-0.39, 0.29) is 5.91 Å². The van der Waals surface area contributed by atoms with Gasteiger partial charge in [-0.15, -0.1) is 0 Å². The molecule has 2 aromatic rings. The number of hydrogen-bond donors (Lipinski definition) is 0. The van der Waals surface area contributed by atoms with Crippen LogP contribution in [0.2, 0.25) is 0 Å². The number of ether oxygens (including phenoxy) is 2. The number of benzene rings is 2. The molecule has 0 spiro atoms. The molecule has 4 heteroatoms. The van der Waals surface area contributed by atoms with E-state index in [1.165, 1.54) is 0 Å². The second kappa shape index (κ2) is 6.62. The van der Waals surface area contributed by atoms with Gasteiger partial charge in [-0.25, -0.2) is 0 Å². The first-order valence-corrected chi connectivity index (χ1v) is 7.40. The van der Waals surface area contributed by atoms with Crippen LogP contribution < -0.4 is 4.74 Å². The van der Waals surface area contributed by atoms with E-state index in [4.69, 9.17) is 9.47 Å². The van der Waals surface area contributed by atoms with E-state index in [9.17, 15) is 4.79 Å². The van der Waals surface area contributed by atoms with E-state index >= 15 is 0 Å². The monoisotopic (exact) mass is 297 g/mol. The molecule has 0 aromatic heterocycles. The van der Waals surface area contributed by atoms with Gasteiger partial charge in [0.05, 0.1) is 20.3 Å². The van der Waals surface area contributed by atoms with Gasteiger partial charge >= 0.3 is 0 Å². The summed E-state index contributed by atoms with van der Waals surface area (Å²) in [6.45, 7) is 2.50. The molecule has 0 bridgehead atoms. The SMILES string of the molecule is COc1ccc(C(=O)N2CCOCC2)cc1-c1ccccc1. The van der Waals surface area contributed by atoms with E-state index in [2.05, 4.69) is 0 Å². The van der Waals surface area contributed by atoms with E-state index in [0.717, 1.165) is 16.9 Å². The van der Waals surface area contributed by atoms with Gasteiger partial charge in [0.1, 0.15) is 5.75 Å². The Bertz CT molecular complexity index is 649. The van der Waals surface area contributed by atoms with Gasteiger partial charge in [0.2, 0.25) is 0 Å². The third-order valence-electron chi connectivity index (χ3n) is 3.83. The van der Waals surface area contributed by atoms with Crippen LogP contribution in [-0.4, -0.2) is 44.2 Å². The molecule has 2 aromatic carbocycles. The van der Waals surface area contributed by atoms with Crippen molar-refractivity contribution < 1.29 is 14.3 Å². The first-order valence-electron chi connectivity index (χ1n) is 7.40. The Morgan fingerprint density at radius 3 is 2.50 bits per heavy atom. The van der Waals surface area contributed by atoms with Crippen LogP contribution in [0.3, 0.4) is 0 Å². The molecule has 1 saturated heterocycles. The molecule has 1 aliphatic heterocycles. The van der Waals surface area contributed by atoms with Crippen molar-refractivity contribution in [1.29, 1.82) is 0 Å². The summed E-state index contributed by atoms with van der Waals surface area (Å²) in [5.74, 6) is 0.813. The van der Waals surface area contributed by atoms with E-state index < -0.39 is 0 Å². The zero-order chi connectivity index (χ0) is 15.4. The highest BCUT2D eigenvalue weighted by atomic mass is 16.5. The lowest BCUT2D eigenvalue weighted by molar-refractivity contribution is 0.0303. The summed E-state index contributed by atoms with van der Waals surface area (Å²) in [4.78, 5) is 14.4. The van der Waals surface area contributed by atoms with Crippen molar-refractivity contribution in [3.8, 4) is 16.9 Å². The van der Waals surface area contributed by atoms with Gasteiger partial charge in [0, 0.05) is 24.2 Å². The molecular weight excluding hydrogens is 278 g/mol. The van der Waals surface area contributed by atoms with Gasteiger partial charge < -0.3 is 14.4 Å². The molecule has 22 heavy (non-hydrogen) atoms. The lowest BCUT2D eigenvalue weighted by atomic mass is 10.0. The van der Waals surface area contributed by atoms with Crippen LogP contribution in [0.15, 0.2) is 48.5 Å². The van der Waals surface area contributed by atoms with Gasteiger partial charge in [0.25, 0.3) is 5.91 Å². The predicted molar refractivity (Wildman–Crippen MR) is 85.2 cm³/mol. The molecule has 3 rings (SSSR count). The number of morpholine rings is 1. The molecule has 0 aliphatic carbocycles. The summed E-state index contributed by atoms with van der Waals surface area (Å²) in [6.07, 6.45) is 0. The molecule has 0 atom stereocenters. The highest BCUT2D eigenvalue weighted by Gasteiger charge is 2.19. The van der Waals surface area contributed by atoms with Crippen LogP contribution in [0.25, 0.3) is 11.1 Å². The summed E-state index contributed by atoms with van der Waals surface area (Å²) >= 11 is 0. The fraction of sp³-hybridized carbons (Fsp3) is 0.278. The third-order valence-corrected chi connectivity index (χ3v) is 3.83. The summed E-state index contributed by atoms with van der Waals surface area (Å²) < 4.78 is 10.7. The van der Waals surface area contributed by atoms with E-state index in [0.29, 0.717) is 31.9 Å². The van der Waals surface area contributed by atoms with Crippen molar-refractivity contribution >= 4 is 5.91 Å². The van der Waals surface area contributed by atoms with E-state index in [1.807, 2.05) is 53.4 Å². The second-order valence-electron chi connectivity index (χ2n) is 5.19. The van der Waals surface area contributed by atoms with Crippen LogP contribution >= 0.6 is 0 Å². The predicted octanol–water partition coefficient (Wildman–Crippen LogP) is 2.83. The van der Waals surface area contributed by atoms with Crippen molar-refractivity contribution in [2.24, 2.45) is 0 Å². The van der Waals surface area contributed by atoms with Crippen molar-refractivity contribution in [2.45, 2.75) is 0 Å². The van der Waals surface area contributed by atoms with Gasteiger partial charge in [-0.3, -0.25) is 4.79 Å². The molecule has 114 valence electrons. The molecule has 4 nitrogen and oxygen atoms in total. The number of nitrogens with zero attached hydrogens (tertiary/aromatic N) is 1. The van der Waals surface area contributed by atoms with Crippen LogP contribution in [0.5, 0.6) is 5.75 Å². The number of methoxy groups -OCH3 is 1. The molecule has 1 heterocycles. The largest absolute Gasteiger partial charge is 0.496 e. The highest BCUT2D eigenvalue weighted by molar-refractivity contribution is 5.96. The van der Waals surface area contributed by atoms with Gasteiger partial charge in [0.15, 0.2) is 0 Å². The average Bonchev–Trinajstić information content (AvgIpc) is 2.62. The van der Waals surface area contributed by atoms with E-state index in [1.54, 1.807) is 7.11 Å². The molecule has 0 radical (unpaired) electrons. The average molecular weight is 297 g/mol. The van der Waals surface area contributed by atoms with Crippen LogP contribution in [0, 0.1) is 0 Å². The molecular formula is C18H19NO3. The molecule has 1 fully saturated rings. The lowest BCUT2D eigenvalue weighted by Gasteiger charge is -2.27. The quantitative estimate of drug-likeness (QED) is 0.874. The first kappa shape index (κ1) is 14.6. The first-order chi connectivity index (χ1) is 10.8. The summed E-state index contributed by atoms with van der Waals surface area (Å²) in [5.41, 5.74) is 2.65. The molecule has 1 aliphatic rings. The molecule has 0 unspecified atom stereocenters. The Balaban J connectivity index is 1.95. The van der Waals surface area contributed by atoms with Crippen molar-refractivity contribution in [3.05, 3.63) is 54.1 Å². The number of rotatable bonds is 3. The Morgan fingerprint density at radius 1 is 1.09 bits per heavy atom. The fourth-order valence-corrected chi connectivity index (χ4v) is 2.63. The minimum Gasteiger partial charge on any atom is -0.496 e. The van der Waals surface area contributed by atoms with Crippen molar-refractivity contribution in [1.82, 2.24) is 4.90 Å². The maximum Gasteiger partial charge on any atom is 0.254 e. The van der Waals surface area contributed by atoms with Crippen LogP contribution in [-0.2, 0) is 4.74 Å². The van der Waals surface area contributed by atoms with Crippen LogP contribution in [0.1, 0.15) is 10.4 Å². The lowest BCUT2D eigenvalue weighted by Crippen LogP contribution is -2.40. The number of carbonyl (C=O) groups excluding carboxylic acids is 1. The van der Waals surface area contributed by atoms with Gasteiger partial charge in [-0.1, -0.05) is 30.3 Å². The van der Waals surface area contributed by atoms with Crippen molar-refractivity contribution in [2.75, 3.05) is 33.4 Å². The maximum atomic E-state index is 12.6. The van der Waals surface area contributed by atoms with Crippen molar-refractivity contribution in [3.63, 3.8) is 0 Å². The van der Waals surface area contributed by atoms with Gasteiger partial charge in [-0.05, 0) is 23.8 Å². The Morgan fingerprint density at radius 2 is 1.82 bits per heavy atom. The zero-order valence-corrected chi connectivity index (χ0v) is 12.6. The van der Waals surface area contributed by atoms with Gasteiger partial charge in [-0.2, -0.15) is 0 Å². The summed E-state index contributed by atoms with van der Waals surface area (Å²) in [6, 6.07) is 15.5.